The van der Waals surface area contributed by atoms with E-state index in [1.807, 2.05) is 48.5 Å². The average molecular weight is 330 g/mol. The molecule has 0 radical (unpaired) electrons. The van der Waals surface area contributed by atoms with Gasteiger partial charge in [-0.25, -0.2) is 4.98 Å². The summed E-state index contributed by atoms with van der Waals surface area (Å²) in [6, 6.07) is 15.8. The van der Waals surface area contributed by atoms with Crippen LogP contribution in [0.3, 0.4) is 0 Å². The van der Waals surface area contributed by atoms with Crippen molar-refractivity contribution in [3.8, 4) is 33.8 Å². The Labute approximate surface area is 143 Å². The molecule has 0 spiro atoms. The van der Waals surface area contributed by atoms with Gasteiger partial charge in [-0.1, -0.05) is 36.4 Å². The van der Waals surface area contributed by atoms with Gasteiger partial charge in [-0.05, 0) is 23.3 Å². The Morgan fingerprint density at radius 1 is 0.880 bits per heavy atom. The van der Waals surface area contributed by atoms with Crippen LogP contribution in [0.15, 0.2) is 65.4 Å². The van der Waals surface area contributed by atoms with E-state index in [1.165, 1.54) is 0 Å². The number of anilines is 1. The molecule has 0 atom stereocenters. The summed E-state index contributed by atoms with van der Waals surface area (Å²) in [7, 11) is 0. The largest absolute Gasteiger partial charge is 0.463 e. The first kappa shape index (κ1) is 13.9. The monoisotopic (exact) mass is 330 g/mol. The molecule has 0 fully saturated rings. The van der Waals surface area contributed by atoms with Crippen LogP contribution < -0.4 is 15.2 Å². The minimum absolute atomic E-state index is 0.243. The number of pyridine rings is 1. The van der Waals surface area contributed by atoms with Crippen molar-refractivity contribution < 1.29 is 13.9 Å². The van der Waals surface area contributed by atoms with E-state index >= 15 is 0 Å². The van der Waals surface area contributed by atoms with Crippen molar-refractivity contribution in [1.82, 2.24) is 4.98 Å². The number of nitrogens with zero attached hydrogens (tertiary/aromatic N) is 1. The lowest BCUT2D eigenvalue weighted by Crippen LogP contribution is -1.93. The highest BCUT2D eigenvalue weighted by molar-refractivity contribution is 6.06. The Bertz CT molecular complexity index is 1090. The summed E-state index contributed by atoms with van der Waals surface area (Å²) in [6.45, 7) is 0.243. The molecule has 1 aliphatic rings. The van der Waals surface area contributed by atoms with Gasteiger partial charge in [0.1, 0.15) is 11.4 Å². The summed E-state index contributed by atoms with van der Waals surface area (Å²) < 4.78 is 16.7. The summed E-state index contributed by atoms with van der Waals surface area (Å²) >= 11 is 0. The van der Waals surface area contributed by atoms with Gasteiger partial charge in [0.2, 0.25) is 6.79 Å². The minimum Gasteiger partial charge on any atom is -0.463 e. The molecular weight excluding hydrogens is 316 g/mol. The van der Waals surface area contributed by atoms with Crippen molar-refractivity contribution in [2.45, 2.75) is 0 Å². The number of hydrogen-bond acceptors (Lipinski definition) is 5. The summed E-state index contributed by atoms with van der Waals surface area (Å²) in [6.07, 6.45) is 3.46. The predicted molar refractivity (Wildman–Crippen MR) is 95.4 cm³/mol. The molecule has 0 unspecified atom stereocenters. The van der Waals surface area contributed by atoms with Gasteiger partial charge in [0, 0.05) is 17.3 Å². The van der Waals surface area contributed by atoms with E-state index in [2.05, 4.69) is 4.98 Å². The number of nitrogen functional groups attached to an aromatic ring is 1. The van der Waals surface area contributed by atoms with Gasteiger partial charge in [-0.3, -0.25) is 0 Å². The highest BCUT2D eigenvalue weighted by Gasteiger charge is 2.19. The van der Waals surface area contributed by atoms with E-state index in [1.54, 1.807) is 12.5 Å². The Balaban J connectivity index is 1.73. The lowest BCUT2D eigenvalue weighted by atomic mass is 10.0. The maximum atomic E-state index is 6.16. The molecule has 122 valence electrons. The lowest BCUT2D eigenvalue weighted by Gasteiger charge is -2.06. The third-order valence-electron chi connectivity index (χ3n) is 4.39. The fourth-order valence-corrected chi connectivity index (χ4v) is 3.17. The molecule has 0 amide bonds. The van der Waals surface area contributed by atoms with Crippen LogP contribution >= 0.6 is 0 Å². The van der Waals surface area contributed by atoms with E-state index in [4.69, 9.17) is 19.6 Å². The highest BCUT2D eigenvalue weighted by atomic mass is 16.7. The SMILES string of the molecule is Nc1ncc(-c2ccc3c(c2)OCO3)c2occ(-c3ccccc3)c12. The van der Waals surface area contributed by atoms with Gasteiger partial charge in [0.15, 0.2) is 11.5 Å². The number of benzene rings is 2. The van der Waals surface area contributed by atoms with Crippen LogP contribution in [0, 0.1) is 0 Å². The molecule has 25 heavy (non-hydrogen) atoms. The smallest absolute Gasteiger partial charge is 0.231 e. The van der Waals surface area contributed by atoms with Crippen LogP contribution in [0.5, 0.6) is 11.5 Å². The molecule has 4 aromatic rings. The number of ether oxygens (including phenoxy) is 2. The van der Waals surface area contributed by atoms with Crippen molar-refractivity contribution in [2.24, 2.45) is 0 Å². The van der Waals surface area contributed by atoms with E-state index < -0.39 is 0 Å². The molecule has 1 aliphatic heterocycles. The fourth-order valence-electron chi connectivity index (χ4n) is 3.17. The maximum Gasteiger partial charge on any atom is 0.231 e. The zero-order valence-electron chi connectivity index (χ0n) is 13.2. The molecule has 0 bridgehead atoms. The molecule has 5 heteroatoms. The normalized spacial score (nSPS) is 12.6. The molecule has 5 nitrogen and oxygen atoms in total. The zero-order valence-corrected chi connectivity index (χ0v) is 13.2. The van der Waals surface area contributed by atoms with Crippen LogP contribution in [0.4, 0.5) is 5.82 Å². The van der Waals surface area contributed by atoms with Crippen molar-refractivity contribution in [3.05, 3.63) is 61.0 Å². The second-order valence-corrected chi connectivity index (χ2v) is 5.84. The van der Waals surface area contributed by atoms with Gasteiger partial charge >= 0.3 is 0 Å². The molecular formula is C20H14N2O3. The van der Waals surface area contributed by atoms with Crippen LogP contribution in [0.1, 0.15) is 0 Å². The molecule has 0 aliphatic carbocycles. The number of aromatic nitrogens is 1. The van der Waals surface area contributed by atoms with E-state index in [0.717, 1.165) is 39.1 Å². The third-order valence-corrected chi connectivity index (χ3v) is 4.39. The van der Waals surface area contributed by atoms with Crippen LogP contribution in [-0.2, 0) is 0 Å². The average Bonchev–Trinajstić information content (AvgIpc) is 3.29. The Kier molecular flexibility index (Phi) is 2.94. The summed E-state index contributed by atoms with van der Waals surface area (Å²) in [5, 5.41) is 0.821. The second kappa shape index (κ2) is 5.27. The van der Waals surface area contributed by atoms with E-state index in [9.17, 15) is 0 Å². The van der Waals surface area contributed by atoms with Crippen molar-refractivity contribution in [2.75, 3.05) is 12.5 Å². The predicted octanol–water partition coefficient (Wildman–Crippen LogP) is 4.47. The van der Waals surface area contributed by atoms with Gasteiger partial charge in [0.05, 0.1) is 11.6 Å². The molecule has 0 saturated carbocycles. The highest BCUT2D eigenvalue weighted by Crippen LogP contribution is 2.41. The molecule has 2 N–H and O–H groups in total. The minimum atomic E-state index is 0.243. The maximum absolute atomic E-state index is 6.16. The molecule has 5 rings (SSSR count). The molecule has 3 heterocycles. The summed E-state index contributed by atoms with van der Waals surface area (Å²) in [5.41, 5.74) is 10.7. The van der Waals surface area contributed by atoms with E-state index in [0.29, 0.717) is 11.4 Å². The quantitative estimate of drug-likeness (QED) is 0.587. The summed E-state index contributed by atoms with van der Waals surface area (Å²) in [4.78, 5) is 4.38. The third kappa shape index (κ3) is 2.13. The number of fused-ring (bicyclic) bond motifs is 2. The zero-order chi connectivity index (χ0) is 16.8. The summed E-state index contributed by atoms with van der Waals surface area (Å²) in [5.74, 6) is 1.91. The van der Waals surface area contributed by atoms with E-state index in [-0.39, 0.29) is 6.79 Å². The molecule has 2 aromatic heterocycles. The standard InChI is InChI=1S/C20H14N2O3/c21-20-18-15(12-4-2-1-3-5-12)10-23-19(18)14(9-22-20)13-6-7-16-17(8-13)25-11-24-16/h1-10H,11H2,(H2,21,22). The number of rotatable bonds is 2. The Hall–Kier alpha value is -3.47. The van der Waals surface area contributed by atoms with Crippen molar-refractivity contribution >= 4 is 16.8 Å². The van der Waals surface area contributed by atoms with Gasteiger partial charge in [-0.2, -0.15) is 0 Å². The van der Waals surface area contributed by atoms with Crippen molar-refractivity contribution in [1.29, 1.82) is 0 Å². The number of nitrogens with two attached hydrogens (primary N) is 1. The van der Waals surface area contributed by atoms with Gasteiger partial charge in [0.25, 0.3) is 0 Å². The second-order valence-electron chi connectivity index (χ2n) is 5.84. The van der Waals surface area contributed by atoms with Crippen molar-refractivity contribution in [3.63, 3.8) is 0 Å². The number of hydrogen-bond donors (Lipinski definition) is 1. The Morgan fingerprint density at radius 3 is 2.60 bits per heavy atom. The lowest BCUT2D eigenvalue weighted by molar-refractivity contribution is 0.174. The number of furan rings is 1. The van der Waals surface area contributed by atoms with Gasteiger partial charge in [-0.15, -0.1) is 0 Å². The fraction of sp³-hybridized carbons (Fsp3) is 0.0500. The first-order chi connectivity index (χ1) is 12.3. The first-order valence-corrected chi connectivity index (χ1v) is 7.92. The molecule has 0 saturated heterocycles. The van der Waals surface area contributed by atoms with Crippen LogP contribution in [0.2, 0.25) is 0 Å². The van der Waals surface area contributed by atoms with Gasteiger partial charge < -0.3 is 19.6 Å². The first-order valence-electron chi connectivity index (χ1n) is 7.92. The topological polar surface area (TPSA) is 70.5 Å². The molecule has 2 aromatic carbocycles. The van der Waals surface area contributed by atoms with Crippen LogP contribution in [0.25, 0.3) is 33.2 Å². The Morgan fingerprint density at radius 2 is 1.72 bits per heavy atom. The van der Waals surface area contributed by atoms with Crippen LogP contribution in [-0.4, -0.2) is 11.8 Å².